The van der Waals surface area contributed by atoms with Crippen molar-refractivity contribution in [1.29, 1.82) is 0 Å². The van der Waals surface area contributed by atoms with Crippen LogP contribution in [0.25, 0.3) is 0 Å². The van der Waals surface area contributed by atoms with Crippen LogP contribution >= 0.6 is 23.4 Å². The van der Waals surface area contributed by atoms with Crippen molar-refractivity contribution in [2.24, 2.45) is 0 Å². The number of nitrogens with one attached hydrogen (secondary N) is 2. The molecule has 8 nitrogen and oxygen atoms in total. The van der Waals surface area contributed by atoms with Gasteiger partial charge in [-0.15, -0.1) is 11.8 Å². The highest BCUT2D eigenvalue weighted by molar-refractivity contribution is 8.00. The summed E-state index contributed by atoms with van der Waals surface area (Å²) >= 11 is 7.37. The second kappa shape index (κ2) is 12.3. The van der Waals surface area contributed by atoms with Crippen molar-refractivity contribution < 1.29 is 29.4 Å². The SMILES string of the molecule is O=C(O)c1ccc(C(=O)Nc2ccc(SC(C(=O)Nc3cccc(Cl)c3)c3ccccc3)cc2)c(C(=O)O)c1. The fourth-order valence-electron chi connectivity index (χ4n) is 3.68. The van der Waals surface area contributed by atoms with Crippen molar-refractivity contribution in [1.82, 2.24) is 0 Å². The van der Waals surface area contributed by atoms with Gasteiger partial charge in [0.2, 0.25) is 5.91 Å². The normalized spacial score (nSPS) is 11.3. The number of rotatable bonds is 9. The van der Waals surface area contributed by atoms with Crippen molar-refractivity contribution in [2.45, 2.75) is 10.1 Å². The molecule has 0 bridgehead atoms. The molecule has 4 rings (SSSR count). The van der Waals surface area contributed by atoms with Crippen molar-refractivity contribution in [2.75, 3.05) is 10.6 Å². The van der Waals surface area contributed by atoms with E-state index in [4.69, 9.17) is 16.7 Å². The summed E-state index contributed by atoms with van der Waals surface area (Å²) < 4.78 is 0. The quantitative estimate of drug-likeness (QED) is 0.173. The molecule has 1 atom stereocenters. The molecular formula is C29H21ClN2O6S. The van der Waals surface area contributed by atoms with E-state index in [0.717, 1.165) is 22.6 Å². The number of thioether (sulfide) groups is 1. The van der Waals surface area contributed by atoms with Gasteiger partial charge in [-0.1, -0.05) is 48.0 Å². The van der Waals surface area contributed by atoms with Crippen LogP contribution in [-0.4, -0.2) is 34.0 Å². The van der Waals surface area contributed by atoms with Crippen molar-refractivity contribution in [3.8, 4) is 0 Å². The Hall–Kier alpha value is -4.60. The smallest absolute Gasteiger partial charge is 0.336 e. The molecule has 0 fully saturated rings. The predicted octanol–water partition coefficient (Wildman–Crippen LogP) is 6.46. The molecule has 4 N–H and O–H groups in total. The van der Waals surface area contributed by atoms with Crippen LogP contribution in [0.2, 0.25) is 5.02 Å². The molecule has 0 aliphatic rings. The van der Waals surface area contributed by atoms with Gasteiger partial charge in [-0.2, -0.15) is 0 Å². The number of carboxylic acids is 2. The van der Waals surface area contributed by atoms with E-state index in [1.165, 1.54) is 17.8 Å². The zero-order valence-corrected chi connectivity index (χ0v) is 21.7. The van der Waals surface area contributed by atoms with E-state index < -0.39 is 28.7 Å². The van der Waals surface area contributed by atoms with E-state index in [2.05, 4.69) is 10.6 Å². The van der Waals surface area contributed by atoms with Gasteiger partial charge in [0.1, 0.15) is 5.25 Å². The fourth-order valence-corrected chi connectivity index (χ4v) is 4.89. The Labute approximate surface area is 232 Å². The zero-order chi connectivity index (χ0) is 27.9. The number of hydrogen-bond acceptors (Lipinski definition) is 5. The number of halogens is 1. The molecule has 0 spiro atoms. The van der Waals surface area contributed by atoms with Crippen molar-refractivity contribution in [3.05, 3.63) is 124 Å². The first kappa shape index (κ1) is 27.4. The van der Waals surface area contributed by atoms with E-state index in [-0.39, 0.29) is 17.0 Å². The Morgan fingerprint density at radius 2 is 1.41 bits per heavy atom. The van der Waals surface area contributed by atoms with E-state index in [0.29, 0.717) is 16.4 Å². The summed E-state index contributed by atoms with van der Waals surface area (Å²) in [5.41, 5.74) is 0.929. The van der Waals surface area contributed by atoms with Gasteiger partial charge in [-0.05, 0) is 66.2 Å². The van der Waals surface area contributed by atoms with Crippen LogP contribution in [0.15, 0.2) is 102 Å². The topological polar surface area (TPSA) is 133 Å². The summed E-state index contributed by atoms with van der Waals surface area (Å²) in [5, 5.41) is 24.0. The van der Waals surface area contributed by atoms with Gasteiger partial charge in [-0.25, -0.2) is 9.59 Å². The summed E-state index contributed by atoms with van der Waals surface area (Å²) in [4.78, 5) is 49.5. The van der Waals surface area contributed by atoms with Crippen LogP contribution in [0.5, 0.6) is 0 Å². The third-order valence-electron chi connectivity index (χ3n) is 5.54. The number of benzene rings is 4. The predicted molar refractivity (Wildman–Crippen MR) is 150 cm³/mol. The largest absolute Gasteiger partial charge is 0.478 e. The highest BCUT2D eigenvalue weighted by Crippen LogP contribution is 2.37. The van der Waals surface area contributed by atoms with Gasteiger partial charge in [0.05, 0.1) is 16.7 Å². The number of carboxylic acid groups (broad SMARTS) is 2. The lowest BCUT2D eigenvalue weighted by Crippen LogP contribution is -2.19. The van der Waals surface area contributed by atoms with Gasteiger partial charge in [0.15, 0.2) is 0 Å². The molecular weight excluding hydrogens is 540 g/mol. The maximum absolute atomic E-state index is 13.2. The molecule has 1 unspecified atom stereocenters. The van der Waals surface area contributed by atoms with E-state index in [1.807, 2.05) is 30.3 Å². The van der Waals surface area contributed by atoms with Crippen LogP contribution in [0.4, 0.5) is 11.4 Å². The van der Waals surface area contributed by atoms with Crippen LogP contribution < -0.4 is 10.6 Å². The van der Waals surface area contributed by atoms with Crippen molar-refractivity contribution >= 4 is 58.5 Å². The fraction of sp³-hybridized carbons (Fsp3) is 0.0345. The lowest BCUT2D eigenvalue weighted by molar-refractivity contribution is -0.115. The van der Waals surface area contributed by atoms with Gasteiger partial charge in [0.25, 0.3) is 5.91 Å². The molecule has 10 heteroatoms. The van der Waals surface area contributed by atoms with Crippen LogP contribution in [0.3, 0.4) is 0 Å². The summed E-state index contributed by atoms with van der Waals surface area (Å²) in [6, 6.07) is 26.1. The Bertz CT molecular complexity index is 1540. The average Bonchev–Trinajstić information content (AvgIpc) is 2.92. The molecule has 0 heterocycles. The molecule has 0 aromatic heterocycles. The molecule has 0 saturated carbocycles. The van der Waals surface area contributed by atoms with Crippen LogP contribution in [-0.2, 0) is 4.79 Å². The second-order valence-electron chi connectivity index (χ2n) is 8.26. The maximum Gasteiger partial charge on any atom is 0.336 e. The van der Waals surface area contributed by atoms with E-state index >= 15 is 0 Å². The van der Waals surface area contributed by atoms with Crippen molar-refractivity contribution in [3.63, 3.8) is 0 Å². The summed E-state index contributed by atoms with van der Waals surface area (Å²) in [7, 11) is 0. The van der Waals surface area contributed by atoms with E-state index in [9.17, 15) is 24.3 Å². The highest BCUT2D eigenvalue weighted by Gasteiger charge is 2.23. The van der Waals surface area contributed by atoms with Gasteiger partial charge in [0, 0.05) is 21.3 Å². The van der Waals surface area contributed by atoms with Crippen LogP contribution in [0, 0.1) is 0 Å². The standard InChI is InChI=1S/C29H21ClN2O6S/c30-19-7-4-8-21(16-19)32-27(34)25(17-5-2-1-3-6-17)39-22-12-10-20(11-13-22)31-26(33)23-14-9-18(28(35)36)15-24(23)29(37)38/h1-16,25H,(H,31,33)(H,32,34)(H,35,36)(H,37,38). The lowest BCUT2D eigenvalue weighted by atomic mass is 10.0. The minimum absolute atomic E-state index is 0.173. The summed E-state index contributed by atoms with van der Waals surface area (Å²) in [6.07, 6.45) is 0. The average molecular weight is 561 g/mol. The first-order chi connectivity index (χ1) is 18.7. The minimum Gasteiger partial charge on any atom is -0.478 e. The summed E-state index contributed by atoms with van der Waals surface area (Å²) in [5.74, 6) is -3.66. The number of hydrogen-bond donors (Lipinski definition) is 4. The number of carbonyl (C=O) groups is 4. The molecule has 4 aromatic rings. The Morgan fingerprint density at radius 3 is 2.05 bits per heavy atom. The highest BCUT2D eigenvalue weighted by atomic mass is 35.5. The third kappa shape index (κ3) is 7.04. The molecule has 0 saturated heterocycles. The zero-order valence-electron chi connectivity index (χ0n) is 20.1. The third-order valence-corrected chi connectivity index (χ3v) is 7.04. The van der Waals surface area contributed by atoms with E-state index in [1.54, 1.807) is 48.5 Å². The molecule has 39 heavy (non-hydrogen) atoms. The Balaban J connectivity index is 1.51. The molecule has 0 radical (unpaired) electrons. The Kier molecular flexibility index (Phi) is 8.65. The number of anilines is 2. The first-order valence-corrected chi connectivity index (χ1v) is 12.8. The van der Waals surface area contributed by atoms with Crippen LogP contribution in [0.1, 0.15) is 41.9 Å². The second-order valence-corrected chi connectivity index (χ2v) is 9.87. The number of aromatic carboxylic acids is 2. The number of amides is 2. The monoisotopic (exact) mass is 560 g/mol. The maximum atomic E-state index is 13.2. The first-order valence-electron chi connectivity index (χ1n) is 11.5. The molecule has 0 aliphatic heterocycles. The molecule has 196 valence electrons. The molecule has 0 aliphatic carbocycles. The lowest BCUT2D eigenvalue weighted by Gasteiger charge is -2.17. The van der Waals surface area contributed by atoms with Gasteiger partial charge < -0.3 is 20.8 Å². The number of carbonyl (C=O) groups excluding carboxylic acids is 2. The minimum atomic E-state index is -1.42. The van der Waals surface area contributed by atoms with Gasteiger partial charge in [-0.3, -0.25) is 9.59 Å². The van der Waals surface area contributed by atoms with Gasteiger partial charge >= 0.3 is 11.9 Å². The molecule has 2 amide bonds. The molecule has 4 aromatic carbocycles. The summed E-state index contributed by atoms with van der Waals surface area (Å²) in [6.45, 7) is 0. The Morgan fingerprint density at radius 1 is 0.692 bits per heavy atom.